The van der Waals surface area contributed by atoms with Crippen LogP contribution in [0.3, 0.4) is 0 Å². The summed E-state index contributed by atoms with van der Waals surface area (Å²) < 4.78 is 12.7. The summed E-state index contributed by atoms with van der Waals surface area (Å²) in [6.07, 6.45) is 5.31. The van der Waals surface area contributed by atoms with E-state index >= 15 is 0 Å². The zero-order valence-corrected chi connectivity index (χ0v) is 13.4. The van der Waals surface area contributed by atoms with Crippen molar-refractivity contribution in [2.24, 2.45) is 7.05 Å². The summed E-state index contributed by atoms with van der Waals surface area (Å²) in [6, 6.07) is 7.26. The second-order valence-corrected chi connectivity index (χ2v) is 5.73. The van der Waals surface area contributed by atoms with Crippen LogP contribution >= 0.6 is 0 Å². The molecule has 1 aliphatic rings. The normalized spacial score (nSPS) is 21.0. The highest BCUT2D eigenvalue weighted by molar-refractivity contribution is 5.94. The summed E-state index contributed by atoms with van der Waals surface area (Å²) in [4.78, 5) is 12.4. The SMILES string of the molecule is COc1cccc(C(=O)NC2CCOC(c3cnn(C)c3)C2)c1. The summed E-state index contributed by atoms with van der Waals surface area (Å²) in [5.41, 5.74) is 1.65. The Kier molecular flexibility index (Phi) is 4.62. The number of aryl methyl sites for hydroxylation is 1. The van der Waals surface area contributed by atoms with Gasteiger partial charge in [0.2, 0.25) is 0 Å². The number of rotatable bonds is 4. The van der Waals surface area contributed by atoms with E-state index in [0.29, 0.717) is 17.9 Å². The molecule has 6 nitrogen and oxygen atoms in total. The Balaban J connectivity index is 1.64. The number of nitrogens with zero attached hydrogens (tertiary/aromatic N) is 2. The van der Waals surface area contributed by atoms with Gasteiger partial charge in [0.25, 0.3) is 5.91 Å². The van der Waals surface area contributed by atoms with Gasteiger partial charge in [-0.05, 0) is 31.0 Å². The zero-order valence-electron chi connectivity index (χ0n) is 13.4. The third-order valence-electron chi connectivity index (χ3n) is 4.05. The van der Waals surface area contributed by atoms with Gasteiger partial charge in [-0.25, -0.2) is 0 Å². The van der Waals surface area contributed by atoms with Gasteiger partial charge in [-0.15, -0.1) is 0 Å². The molecule has 0 aliphatic carbocycles. The molecule has 0 bridgehead atoms. The second kappa shape index (κ2) is 6.83. The van der Waals surface area contributed by atoms with Crippen molar-refractivity contribution < 1.29 is 14.3 Å². The molecule has 0 spiro atoms. The van der Waals surface area contributed by atoms with Gasteiger partial charge in [0.05, 0.1) is 19.4 Å². The quantitative estimate of drug-likeness (QED) is 0.938. The average molecular weight is 315 g/mol. The fourth-order valence-corrected chi connectivity index (χ4v) is 2.80. The Morgan fingerprint density at radius 2 is 2.35 bits per heavy atom. The lowest BCUT2D eigenvalue weighted by molar-refractivity contribution is 0.000865. The van der Waals surface area contributed by atoms with Crippen LogP contribution in [-0.2, 0) is 11.8 Å². The molecule has 1 fully saturated rings. The molecule has 2 unspecified atom stereocenters. The maximum atomic E-state index is 12.4. The highest BCUT2D eigenvalue weighted by atomic mass is 16.5. The Hall–Kier alpha value is -2.34. The lowest BCUT2D eigenvalue weighted by Gasteiger charge is -2.29. The molecule has 1 N–H and O–H groups in total. The van der Waals surface area contributed by atoms with Crippen LogP contribution in [0, 0.1) is 0 Å². The molecule has 1 aliphatic heterocycles. The average Bonchev–Trinajstić information content (AvgIpc) is 3.02. The van der Waals surface area contributed by atoms with E-state index in [1.165, 1.54) is 0 Å². The molecule has 1 aromatic heterocycles. The van der Waals surface area contributed by atoms with E-state index in [2.05, 4.69) is 10.4 Å². The van der Waals surface area contributed by atoms with Crippen molar-refractivity contribution in [1.82, 2.24) is 15.1 Å². The molecule has 6 heteroatoms. The van der Waals surface area contributed by atoms with E-state index < -0.39 is 0 Å². The number of amides is 1. The number of aromatic nitrogens is 2. The third kappa shape index (κ3) is 3.71. The van der Waals surface area contributed by atoms with E-state index in [1.54, 1.807) is 23.9 Å². The lowest BCUT2D eigenvalue weighted by atomic mass is 9.99. The van der Waals surface area contributed by atoms with Gasteiger partial charge in [-0.2, -0.15) is 5.10 Å². The van der Waals surface area contributed by atoms with Gasteiger partial charge in [-0.3, -0.25) is 9.48 Å². The van der Waals surface area contributed by atoms with Crippen LogP contribution in [0.4, 0.5) is 0 Å². The molecule has 0 radical (unpaired) electrons. The van der Waals surface area contributed by atoms with Gasteiger partial charge in [0.1, 0.15) is 5.75 Å². The van der Waals surface area contributed by atoms with E-state index in [0.717, 1.165) is 18.4 Å². The van der Waals surface area contributed by atoms with Crippen molar-refractivity contribution in [3.63, 3.8) is 0 Å². The molecule has 0 saturated carbocycles. The van der Waals surface area contributed by atoms with Crippen molar-refractivity contribution in [2.45, 2.75) is 25.0 Å². The highest BCUT2D eigenvalue weighted by Crippen LogP contribution is 2.28. The number of nitrogens with one attached hydrogen (secondary N) is 1. The van der Waals surface area contributed by atoms with Crippen LogP contribution in [0.1, 0.15) is 34.9 Å². The number of hydrogen-bond donors (Lipinski definition) is 1. The Bertz CT molecular complexity index is 683. The number of hydrogen-bond acceptors (Lipinski definition) is 4. The minimum atomic E-state index is -0.0827. The van der Waals surface area contributed by atoms with E-state index in [1.807, 2.05) is 31.6 Å². The first-order valence-electron chi connectivity index (χ1n) is 7.71. The Morgan fingerprint density at radius 3 is 3.09 bits per heavy atom. The highest BCUT2D eigenvalue weighted by Gasteiger charge is 2.26. The molecular formula is C17H21N3O3. The summed E-state index contributed by atoms with van der Waals surface area (Å²) in [6.45, 7) is 0.628. The first-order chi connectivity index (χ1) is 11.2. The molecule has 2 heterocycles. The van der Waals surface area contributed by atoms with Crippen LogP contribution in [0.2, 0.25) is 0 Å². The molecule has 1 amide bonds. The first-order valence-corrected chi connectivity index (χ1v) is 7.71. The maximum Gasteiger partial charge on any atom is 0.251 e. The summed E-state index contributed by atoms with van der Waals surface area (Å²) >= 11 is 0. The van der Waals surface area contributed by atoms with Crippen LogP contribution < -0.4 is 10.1 Å². The standard InChI is InChI=1S/C17H21N3O3/c1-20-11-13(10-18-20)16-9-14(6-7-23-16)19-17(21)12-4-3-5-15(8-12)22-2/h3-5,8,10-11,14,16H,6-7,9H2,1-2H3,(H,19,21). The molecular weight excluding hydrogens is 294 g/mol. The van der Waals surface area contributed by atoms with Crippen LogP contribution in [-0.4, -0.2) is 35.4 Å². The predicted molar refractivity (Wildman–Crippen MR) is 85.4 cm³/mol. The summed E-state index contributed by atoms with van der Waals surface area (Å²) in [7, 11) is 3.47. The molecule has 2 atom stereocenters. The van der Waals surface area contributed by atoms with Crippen molar-refractivity contribution >= 4 is 5.91 Å². The molecule has 23 heavy (non-hydrogen) atoms. The minimum absolute atomic E-state index is 0.0203. The second-order valence-electron chi connectivity index (χ2n) is 5.73. The van der Waals surface area contributed by atoms with E-state index in [4.69, 9.17) is 9.47 Å². The summed E-state index contributed by atoms with van der Waals surface area (Å²) in [5, 5.41) is 7.27. The van der Waals surface area contributed by atoms with E-state index in [9.17, 15) is 4.79 Å². The fourth-order valence-electron chi connectivity index (χ4n) is 2.80. The number of carbonyl (C=O) groups excluding carboxylic acids is 1. The van der Waals surface area contributed by atoms with Crippen LogP contribution in [0.5, 0.6) is 5.75 Å². The molecule has 122 valence electrons. The third-order valence-corrected chi connectivity index (χ3v) is 4.05. The van der Waals surface area contributed by atoms with Gasteiger partial charge < -0.3 is 14.8 Å². The Labute approximate surface area is 135 Å². The van der Waals surface area contributed by atoms with Crippen LogP contribution in [0.25, 0.3) is 0 Å². The molecule has 1 saturated heterocycles. The minimum Gasteiger partial charge on any atom is -0.497 e. The first kappa shape index (κ1) is 15.6. The zero-order chi connectivity index (χ0) is 16.2. The number of ether oxygens (including phenoxy) is 2. The molecule has 1 aromatic carbocycles. The van der Waals surface area contributed by atoms with E-state index in [-0.39, 0.29) is 18.1 Å². The monoisotopic (exact) mass is 315 g/mol. The van der Waals surface area contributed by atoms with Gasteiger partial charge in [-0.1, -0.05) is 6.07 Å². The van der Waals surface area contributed by atoms with Gasteiger partial charge in [0, 0.05) is 37.0 Å². The van der Waals surface area contributed by atoms with Crippen molar-refractivity contribution in [3.8, 4) is 5.75 Å². The smallest absolute Gasteiger partial charge is 0.251 e. The van der Waals surface area contributed by atoms with Crippen LogP contribution in [0.15, 0.2) is 36.7 Å². The van der Waals surface area contributed by atoms with Crippen molar-refractivity contribution in [3.05, 3.63) is 47.8 Å². The Morgan fingerprint density at radius 1 is 1.48 bits per heavy atom. The molecule has 3 rings (SSSR count). The predicted octanol–water partition coefficient (Wildman–Crippen LogP) is 2.08. The lowest BCUT2D eigenvalue weighted by Crippen LogP contribution is -2.39. The van der Waals surface area contributed by atoms with Gasteiger partial charge >= 0.3 is 0 Å². The van der Waals surface area contributed by atoms with Crippen molar-refractivity contribution in [2.75, 3.05) is 13.7 Å². The maximum absolute atomic E-state index is 12.4. The number of methoxy groups -OCH3 is 1. The number of benzene rings is 1. The summed E-state index contributed by atoms with van der Waals surface area (Å²) in [5.74, 6) is 0.596. The largest absolute Gasteiger partial charge is 0.497 e. The number of carbonyl (C=O) groups is 1. The van der Waals surface area contributed by atoms with Gasteiger partial charge in [0.15, 0.2) is 0 Å². The fraction of sp³-hybridized carbons (Fsp3) is 0.412. The topological polar surface area (TPSA) is 65.4 Å². The van der Waals surface area contributed by atoms with Crippen molar-refractivity contribution in [1.29, 1.82) is 0 Å². The molecule has 2 aromatic rings.